The number of hydrogen-bond donors (Lipinski definition) is 0. The summed E-state index contributed by atoms with van der Waals surface area (Å²) in [6.45, 7) is 8.80. The van der Waals surface area contributed by atoms with Crippen molar-refractivity contribution < 1.29 is 21.4 Å². The molecule has 242 valence electrons. The summed E-state index contributed by atoms with van der Waals surface area (Å²) >= 11 is -11.2. The van der Waals surface area contributed by atoms with Crippen LogP contribution in [0.25, 0.3) is 33.9 Å². The van der Waals surface area contributed by atoms with Crippen molar-refractivity contribution in [1.29, 1.82) is 0 Å². The summed E-state index contributed by atoms with van der Waals surface area (Å²) in [5.41, 5.74) is 9.33. The quantitative estimate of drug-likeness (QED) is 0.0532. The number of imidazole rings is 1. The first-order valence-corrected chi connectivity index (χ1v) is 21.5. The van der Waals surface area contributed by atoms with E-state index < -0.39 is 19.5 Å². The Hall–Kier alpha value is -2.99. The Bertz CT molecular complexity index is 1630. The third-order valence-electron chi connectivity index (χ3n) is 9.01. The summed E-state index contributed by atoms with van der Waals surface area (Å²) in [5.74, 6) is 3.97. The van der Waals surface area contributed by atoms with Crippen molar-refractivity contribution in [3.8, 4) is 33.9 Å². The molecule has 1 fully saturated rings. The number of rotatable bonds is 9. The van der Waals surface area contributed by atoms with Crippen LogP contribution in [0.5, 0.6) is 0 Å². The number of allylic oxidation sites excluding steroid dienone is 2. The standard InChI is InChI=1S/C36H41N2.6FH.Sb/c1-4-37-34(29-16-7-5-8-17-29)35(30-18-9-6-10-19-30)38(36(37)33-26(2)14-13-15-27(33)3)23-12-11-20-31-24-28-21-22-32(31)25-28;;;;;;;/h5-10,13-19,21-22,28,31-32H,4,11-12,20,23-25H2,1-3H3;6*1H;/q+1;;;;;;;+5/p-6. The first-order valence-electron chi connectivity index (χ1n) is 15.7. The number of hydrogen-bond acceptors (Lipinski definition) is 0. The fourth-order valence-corrected chi connectivity index (χ4v) is 7.26. The summed E-state index contributed by atoms with van der Waals surface area (Å²) in [7, 11) is 0. The van der Waals surface area contributed by atoms with E-state index >= 15 is 0 Å². The Kier molecular flexibility index (Phi) is 9.13. The van der Waals surface area contributed by atoms with Gasteiger partial charge >= 0.3 is 36.4 Å². The van der Waals surface area contributed by atoms with E-state index in [0.717, 1.165) is 30.8 Å². The van der Waals surface area contributed by atoms with Gasteiger partial charge in [0.15, 0.2) is 11.4 Å². The molecule has 0 amide bonds. The molecule has 0 spiro atoms. The molecule has 0 aliphatic heterocycles. The van der Waals surface area contributed by atoms with Crippen LogP contribution in [0, 0.1) is 31.6 Å². The van der Waals surface area contributed by atoms with Crippen molar-refractivity contribution in [1.82, 2.24) is 4.57 Å². The van der Waals surface area contributed by atoms with Crippen molar-refractivity contribution in [3.05, 3.63) is 102 Å². The molecule has 2 bridgehead atoms. The molecule has 4 aromatic rings. The van der Waals surface area contributed by atoms with Crippen LogP contribution in [0.1, 0.15) is 50.2 Å². The van der Waals surface area contributed by atoms with E-state index in [2.05, 4.69) is 121 Å². The number of aromatic nitrogens is 2. The van der Waals surface area contributed by atoms with Crippen LogP contribution in [0.3, 0.4) is 0 Å². The molecule has 0 saturated heterocycles. The van der Waals surface area contributed by atoms with Gasteiger partial charge in [0.25, 0.3) is 5.82 Å². The second kappa shape index (κ2) is 12.3. The van der Waals surface area contributed by atoms with Gasteiger partial charge in [-0.3, -0.25) is 0 Å². The zero-order chi connectivity index (χ0) is 32.5. The van der Waals surface area contributed by atoms with E-state index in [-0.39, 0.29) is 0 Å². The van der Waals surface area contributed by atoms with Gasteiger partial charge in [0.05, 0.1) is 18.7 Å². The molecule has 6 rings (SSSR count). The molecule has 1 saturated carbocycles. The summed E-state index contributed by atoms with van der Waals surface area (Å²) in [4.78, 5) is 0. The average Bonchev–Trinajstić information content (AvgIpc) is 3.68. The average molecular weight is 737 g/mol. The van der Waals surface area contributed by atoms with Gasteiger partial charge in [-0.05, 0) is 81.8 Å². The molecule has 2 nitrogen and oxygen atoms in total. The zero-order valence-electron chi connectivity index (χ0n) is 26.0. The van der Waals surface area contributed by atoms with Crippen molar-refractivity contribution in [2.45, 2.75) is 66.0 Å². The Labute approximate surface area is 264 Å². The number of nitrogens with zero attached hydrogens (tertiary/aromatic N) is 2. The summed E-state index contributed by atoms with van der Waals surface area (Å²) in [6.07, 6.45) is 11.7. The van der Waals surface area contributed by atoms with Crippen LogP contribution in [0.4, 0.5) is 16.9 Å². The number of unbranched alkanes of at least 4 members (excludes halogenated alkanes) is 1. The fraction of sp³-hybridized carbons (Fsp3) is 0.361. The normalized spacial score (nSPS) is 20.4. The van der Waals surface area contributed by atoms with Crippen LogP contribution < -0.4 is 4.57 Å². The van der Waals surface area contributed by atoms with E-state index in [4.69, 9.17) is 0 Å². The predicted molar refractivity (Wildman–Crippen MR) is 171 cm³/mol. The molecule has 0 radical (unpaired) electrons. The van der Waals surface area contributed by atoms with E-state index in [9.17, 15) is 16.9 Å². The van der Waals surface area contributed by atoms with Crippen LogP contribution in [0.2, 0.25) is 0 Å². The van der Waals surface area contributed by atoms with Gasteiger partial charge in [0.2, 0.25) is 0 Å². The van der Waals surface area contributed by atoms with E-state index in [0.29, 0.717) is 0 Å². The summed E-state index contributed by atoms with van der Waals surface area (Å²) < 4.78 is 64.8. The minimum absolute atomic E-state index is 0.851. The van der Waals surface area contributed by atoms with Gasteiger partial charge in [0.1, 0.15) is 0 Å². The Morgan fingerprint density at radius 3 is 1.82 bits per heavy atom. The van der Waals surface area contributed by atoms with Crippen molar-refractivity contribution >= 4 is 19.5 Å². The third-order valence-corrected chi connectivity index (χ3v) is 9.01. The van der Waals surface area contributed by atoms with Crippen molar-refractivity contribution in [2.75, 3.05) is 0 Å². The monoisotopic (exact) mass is 736 g/mol. The predicted octanol–water partition coefficient (Wildman–Crippen LogP) is 10.9. The van der Waals surface area contributed by atoms with E-state index in [1.54, 1.807) is 0 Å². The van der Waals surface area contributed by atoms with E-state index in [1.807, 2.05) is 0 Å². The molecular formula is C36H41F6N2Sb. The van der Waals surface area contributed by atoms with Crippen LogP contribution in [-0.2, 0) is 13.1 Å². The maximum atomic E-state index is 9.93. The second-order valence-corrected chi connectivity index (χ2v) is 17.9. The van der Waals surface area contributed by atoms with Gasteiger partial charge in [-0.2, -0.15) is 0 Å². The van der Waals surface area contributed by atoms with Crippen LogP contribution >= 0.6 is 0 Å². The summed E-state index contributed by atoms with van der Waals surface area (Å²) in [5, 5.41) is 0. The van der Waals surface area contributed by atoms with Crippen LogP contribution in [-0.4, -0.2) is 24.0 Å². The van der Waals surface area contributed by atoms with Gasteiger partial charge in [-0.25, -0.2) is 9.13 Å². The number of halogens is 6. The second-order valence-electron chi connectivity index (χ2n) is 12.4. The molecule has 9 heteroatoms. The first-order chi connectivity index (χ1) is 21.1. The topological polar surface area (TPSA) is 8.81 Å². The molecule has 0 N–H and O–H groups in total. The molecule has 45 heavy (non-hydrogen) atoms. The van der Waals surface area contributed by atoms with Gasteiger partial charge in [-0.15, -0.1) is 0 Å². The van der Waals surface area contributed by atoms with Gasteiger partial charge in [-0.1, -0.05) is 91.0 Å². The Morgan fingerprint density at radius 2 is 1.31 bits per heavy atom. The molecule has 2 aliphatic carbocycles. The first kappa shape index (κ1) is 33.4. The number of benzene rings is 3. The maximum absolute atomic E-state index is 11.2. The van der Waals surface area contributed by atoms with Gasteiger partial charge < -0.3 is 0 Å². The molecule has 1 aromatic heterocycles. The minimum atomic E-state index is -11.2. The Morgan fingerprint density at radius 1 is 0.733 bits per heavy atom. The molecule has 3 aromatic carbocycles. The van der Waals surface area contributed by atoms with Crippen molar-refractivity contribution in [2.24, 2.45) is 17.8 Å². The zero-order valence-corrected chi connectivity index (χ0v) is 28.5. The fourth-order valence-electron chi connectivity index (χ4n) is 7.26. The molecule has 3 atom stereocenters. The molecular weight excluding hydrogens is 696 g/mol. The number of aryl methyl sites for hydroxylation is 2. The third kappa shape index (κ3) is 8.63. The van der Waals surface area contributed by atoms with Crippen LogP contribution in [0.15, 0.2) is 91.0 Å². The number of fused-ring (bicyclic) bond motifs is 2. The Balaban J connectivity index is 0.000000515. The van der Waals surface area contributed by atoms with E-state index in [1.165, 1.54) is 77.1 Å². The molecule has 1 heterocycles. The van der Waals surface area contributed by atoms with Crippen molar-refractivity contribution in [3.63, 3.8) is 0 Å². The molecule has 2 aliphatic rings. The van der Waals surface area contributed by atoms with Gasteiger partial charge in [0, 0.05) is 11.1 Å². The SMILES string of the molecule is CCn1c(-c2ccccc2)c(-c2ccccc2)[n+](CCCCC2CC3C=CC2C3)c1-c1c(C)cccc1C.[F][Sb-]([F])([F])([F])([F])[F]. The summed E-state index contributed by atoms with van der Waals surface area (Å²) in [6, 6.07) is 28.8. The molecule has 3 unspecified atom stereocenters.